The Morgan fingerprint density at radius 2 is 1.88 bits per heavy atom. The summed E-state index contributed by atoms with van der Waals surface area (Å²) < 4.78 is 31.1. The molecule has 1 atom stereocenters. The summed E-state index contributed by atoms with van der Waals surface area (Å²) in [7, 11) is 0. The van der Waals surface area contributed by atoms with E-state index in [-0.39, 0.29) is 12.1 Å². The molecule has 0 spiro atoms. The quantitative estimate of drug-likeness (QED) is 0.650. The molecular formula is C19H16F2N4S. The van der Waals surface area contributed by atoms with Crippen molar-refractivity contribution in [2.75, 3.05) is 0 Å². The van der Waals surface area contributed by atoms with E-state index in [0.29, 0.717) is 17.5 Å². The number of aliphatic imine (C=N–C) groups is 1. The van der Waals surface area contributed by atoms with Crippen LogP contribution in [0.1, 0.15) is 40.1 Å². The topological polar surface area (TPSA) is 43.1 Å². The molecule has 0 saturated carbocycles. The number of hydrogen-bond acceptors (Lipinski definition) is 4. The minimum absolute atomic E-state index is 0.0507. The lowest BCUT2D eigenvalue weighted by Crippen LogP contribution is -2.12. The van der Waals surface area contributed by atoms with Crippen molar-refractivity contribution in [3.05, 3.63) is 63.0 Å². The summed E-state index contributed by atoms with van der Waals surface area (Å²) in [6.07, 6.45) is 1.88. The van der Waals surface area contributed by atoms with E-state index in [1.807, 2.05) is 11.5 Å². The van der Waals surface area contributed by atoms with Crippen molar-refractivity contribution in [1.29, 1.82) is 0 Å². The molecule has 4 nitrogen and oxygen atoms in total. The SMILES string of the molecule is Cc1nnc2n1-c1sc3c(c1C(c1c(F)cccc1F)=NC2)CC(C)C3. The maximum atomic E-state index is 14.6. The average molecular weight is 370 g/mol. The molecule has 0 fully saturated rings. The minimum Gasteiger partial charge on any atom is -0.276 e. The molecule has 7 heteroatoms. The fraction of sp³-hybridized carbons (Fsp3) is 0.316. The third kappa shape index (κ3) is 2.13. The second kappa shape index (κ2) is 5.54. The monoisotopic (exact) mass is 370 g/mol. The zero-order valence-corrected chi connectivity index (χ0v) is 15.2. The summed E-state index contributed by atoms with van der Waals surface area (Å²) in [4.78, 5) is 5.88. The third-order valence-electron chi connectivity index (χ3n) is 5.07. The summed E-state index contributed by atoms with van der Waals surface area (Å²) in [5.41, 5.74) is 2.36. The Labute approximate surface area is 153 Å². The van der Waals surface area contributed by atoms with E-state index in [0.717, 1.165) is 29.2 Å². The van der Waals surface area contributed by atoms with Gasteiger partial charge in [0.1, 0.15) is 29.0 Å². The van der Waals surface area contributed by atoms with Crippen LogP contribution in [0.4, 0.5) is 8.78 Å². The number of aromatic nitrogens is 3. The molecule has 132 valence electrons. The molecule has 3 aromatic rings. The molecule has 1 aliphatic carbocycles. The predicted molar refractivity (Wildman–Crippen MR) is 96.2 cm³/mol. The molecule has 1 aromatic carbocycles. The number of hydrogen-bond donors (Lipinski definition) is 0. The molecule has 0 radical (unpaired) electrons. The number of benzene rings is 1. The average Bonchev–Trinajstić information content (AvgIpc) is 3.19. The fourth-order valence-electron chi connectivity index (χ4n) is 3.95. The Bertz CT molecular complexity index is 1060. The smallest absolute Gasteiger partial charge is 0.160 e. The molecule has 0 bridgehead atoms. The van der Waals surface area contributed by atoms with E-state index in [1.165, 1.54) is 28.6 Å². The fourth-order valence-corrected chi connectivity index (χ4v) is 5.51. The van der Waals surface area contributed by atoms with Crippen molar-refractivity contribution < 1.29 is 8.78 Å². The Balaban J connectivity index is 1.84. The van der Waals surface area contributed by atoms with Gasteiger partial charge in [0.05, 0.1) is 11.3 Å². The Morgan fingerprint density at radius 3 is 2.65 bits per heavy atom. The van der Waals surface area contributed by atoms with Crippen LogP contribution in [-0.2, 0) is 19.4 Å². The van der Waals surface area contributed by atoms with Crippen LogP contribution in [0.15, 0.2) is 23.2 Å². The lowest BCUT2D eigenvalue weighted by molar-refractivity contribution is 0.579. The van der Waals surface area contributed by atoms with E-state index in [4.69, 9.17) is 0 Å². The van der Waals surface area contributed by atoms with Crippen LogP contribution in [0.25, 0.3) is 5.00 Å². The summed E-state index contributed by atoms with van der Waals surface area (Å²) in [6, 6.07) is 3.95. The first-order chi connectivity index (χ1) is 12.5. The molecule has 2 aromatic heterocycles. The number of nitrogens with zero attached hydrogens (tertiary/aromatic N) is 4. The standard InChI is InChI=1S/C19H16F2N4S/c1-9-6-11-14(7-9)26-19-16(11)18(17-12(20)4-3-5-13(17)21)22-8-15-24-23-10(2)25(15)19/h3-5,9H,6-8H2,1-2H3. The van der Waals surface area contributed by atoms with E-state index >= 15 is 0 Å². The van der Waals surface area contributed by atoms with Crippen LogP contribution in [0, 0.1) is 24.5 Å². The van der Waals surface area contributed by atoms with Crippen LogP contribution in [0.5, 0.6) is 0 Å². The molecule has 0 amide bonds. The van der Waals surface area contributed by atoms with Crippen molar-refractivity contribution in [3.8, 4) is 5.00 Å². The number of fused-ring (bicyclic) bond motifs is 5. The van der Waals surface area contributed by atoms with Gasteiger partial charge < -0.3 is 0 Å². The molecule has 0 N–H and O–H groups in total. The number of halogens is 2. The van der Waals surface area contributed by atoms with Gasteiger partial charge >= 0.3 is 0 Å². The highest BCUT2D eigenvalue weighted by atomic mass is 32.1. The minimum atomic E-state index is -0.588. The molecule has 2 aliphatic rings. The summed E-state index contributed by atoms with van der Waals surface area (Å²) in [6.45, 7) is 4.34. The van der Waals surface area contributed by atoms with Crippen LogP contribution < -0.4 is 0 Å². The van der Waals surface area contributed by atoms with Crippen LogP contribution in [0.2, 0.25) is 0 Å². The maximum Gasteiger partial charge on any atom is 0.160 e. The summed E-state index contributed by atoms with van der Waals surface area (Å²) in [5, 5.41) is 9.31. The Kier molecular flexibility index (Phi) is 3.37. The highest BCUT2D eigenvalue weighted by Crippen LogP contribution is 2.43. The van der Waals surface area contributed by atoms with Gasteiger partial charge in [0.25, 0.3) is 0 Å². The predicted octanol–water partition coefficient (Wildman–Crippen LogP) is 4.00. The van der Waals surface area contributed by atoms with Gasteiger partial charge in [-0.3, -0.25) is 9.56 Å². The van der Waals surface area contributed by atoms with Crippen molar-refractivity contribution in [2.24, 2.45) is 10.9 Å². The zero-order valence-electron chi connectivity index (χ0n) is 14.4. The normalized spacial score (nSPS) is 18.2. The van der Waals surface area contributed by atoms with Gasteiger partial charge in [-0.1, -0.05) is 13.0 Å². The Hall–Kier alpha value is -2.41. The van der Waals surface area contributed by atoms with Gasteiger partial charge in [0.2, 0.25) is 0 Å². The first-order valence-corrected chi connectivity index (χ1v) is 9.41. The van der Waals surface area contributed by atoms with E-state index in [2.05, 4.69) is 22.1 Å². The van der Waals surface area contributed by atoms with E-state index in [1.54, 1.807) is 11.3 Å². The lowest BCUT2D eigenvalue weighted by atomic mass is 9.97. The van der Waals surface area contributed by atoms with Crippen molar-refractivity contribution in [3.63, 3.8) is 0 Å². The van der Waals surface area contributed by atoms with Gasteiger partial charge in [0, 0.05) is 10.4 Å². The highest BCUT2D eigenvalue weighted by molar-refractivity contribution is 7.15. The highest BCUT2D eigenvalue weighted by Gasteiger charge is 2.34. The molecule has 1 aliphatic heterocycles. The van der Waals surface area contributed by atoms with Crippen molar-refractivity contribution in [2.45, 2.75) is 33.2 Å². The van der Waals surface area contributed by atoms with E-state index in [9.17, 15) is 8.78 Å². The number of thiophene rings is 1. The third-order valence-corrected chi connectivity index (χ3v) is 6.31. The van der Waals surface area contributed by atoms with Gasteiger partial charge in [-0.05, 0) is 43.4 Å². The molecule has 1 unspecified atom stereocenters. The largest absolute Gasteiger partial charge is 0.276 e. The summed E-state index contributed by atoms with van der Waals surface area (Å²) in [5.74, 6) is 0.811. The van der Waals surface area contributed by atoms with Crippen LogP contribution in [-0.4, -0.2) is 20.5 Å². The van der Waals surface area contributed by atoms with Crippen molar-refractivity contribution in [1.82, 2.24) is 14.8 Å². The molecule has 0 saturated heterocycles. The van der Waals surface area contributed by atoms with Gasteiger partial charge in [-0.25, -0.2) is 8.78 Å². The van der Waals surface area contributed by atoms with Gasteiger partial charge in [0.15, 0.2) is 5.82 Å². The molecule has 5 rings (SSSR count). The molecular weight excluding hydrogens is 354 g/mol. The first-order valence-electron chi connectivity index (χ1n) is 8.59. The lowest BCUT2D eigenvalue weighted by Gasteiger charge is -2.12. The molecule has 3 heterocycles. The number of rotatable bonds is 1. The van der Waals surface area contributed by atoms with Crippen LogP contribution >= 0.6 is 11.3 Å². The maximum absolute atomic E-state index is 14.6. The first kappa shape index (κ1) is 15.8. The van der Waals surface area contributed by atoms with Gasteiger partial charge in [-0.15, -0.1) is 21.5 Å². The van der Waals surface area contributed by atoms with Crippen LogP contribution in [0.3, 0.4) is 0 Å². The number of aryl methyl sites for hydroxylation is 1. The van der Waals surface area contributed by atoms with Gasteiger partial charge in [-0.2, -0.15) is 0 Å². The second-order valence-electron chi connectivity index (χ2n) is 6.96. The van der Waals surface area contributed by atoms with E-state index < -0.39 is 11.6 Å². The molecule has 26 heavy (non-hydrogen) atoms. The summed E-state index contributed by atoms with van der Waals surface area (Å²) >= 11 is 1.67. The van der Waals surface area contributed by atoms with Crippen molar-refractivity contribution >= 4 is 17.0 Å². The zero-order chi connectivity index (χ0) is 18.0. The second-order valence-corrected chi connectivity index (χ2v) is 8.04. The Morgan fingerprint density at radius 1 is 1.12 bits per heavy atom.